The Morgan fingerprint density at radius 3 is 1.60 bits per heavy atom. The molecule has 0 aliphatic heterocycles. The molecule has 0 N–H and O–H groups in total. The molecular weight excluding hydrogens is 164 g/mol. The van der Waals surface area contributed by atoms with E-state index in [1.807, 2.05) is 0 Å². The summed E-state index contributed by atoms with van der Waals surface area (Å²) in [5.74, 6) is 1.74. The third kappa shape index (κ3) is 7.68. The maximum absolute atomic E-state index is 8.14. The van der Waals surface area contributed by atoms with Crippen LogP contribution in [-0.2, 0) is 0 Å². The van der Waals surface area contributed by atoms with E-state index in [0.717, 1.165) is 11.5 Å². The minimum absolute atomic E-state index is 0.601. The maximum atomic E-state index is 8.14. The van der Waals surface area contributed by atoms with Gasteiger partial charge in [0.05, 0.1) is 12.1 Å². The quantitative estimate of drug-likeness (QED) is 0.471. The van der Waals surface area contributed by atoms with Gasteiger partial charge in [0.25, 0.3) is 0 Å². The lowest BCUT2D eigenvalue weighted by Crippen LogP contribution is -1.74. The van der Waals surface area contributed by atoms with E-state index in [-0.39, 0.29) is 0 Å². The molecular formula is C6H8N2S2. The molecule has 4 heteroatoms. The Morgan fingerprint density at radius 2 is 1.30 bits per heavy atom. The molecule has 0 saturated carbocycles. The molecule has 0 amide bonds. The van der Waals surface area contributed by atoms with E-state index in [0.29, 0.717) is 12.8 Å². The van der Waals surface area contributed by atoms with Crippen LogP contribution in [0.3, 0.4) is 0 Å². The van der Waals surface area contributed by atoms with Crippen LogP contribution in [0, 0.1) is 22.7 Å². The third-order valence-electron chi connectivity index (χ3n) is 0.678. The summed E-state index contributed by atoms with van der Waals surface area (Å²) in [5.41, 5.74) is 0. The van der Waals surface area contributed by atoms with Crippen molar-refractivity contribution in [1.29, 1.82) is 10.5 Å². The van der Waals surface area contributed by atoms with E-state index in [9.17, 15) is 0 Å². The van der Waals surface area contributed by atoms with Crippen LogP contribution >= 0.6 is 21.6 Å². The Kier molecular flexibility index (Phi) is 8.40. The van der Waals surface area contributed by atoms with Crippen LogP contribution in [0.25, 0.3) is 0 Å². The first-order valence-corrected chi connectivity index (χ1v) is 5.39. The normalized spacial score (nSPS) is 8.20. The second-order valence-electron chi connectivity index (χ2n) is 1.46. The average Bonchev–Trinajstić information content (AvgIpc) is 1.97. The predicted octanol–water partition coefficient (Wildman–Crippen LogP) is 2.20. The lowest BCUT2D eigenvalue weighted by Gasteiger charge is -1.91. The average molecular weight is 172 g/mol. The van der Waals surface area contributed by atoms with Gasteiger partial charge in [0.2, 0.25) is 0 Å². The fourth-order valence-corrected chi connectivity index (χ4v) is 2.08. The summed E-state index contributed by atoms with van der Waals surface area (Å²) in [4.78, 5) is 0. The molecule has 54 valence electrons. The van der Waals surface area contributed by atoms with Crippen molar-refractivity contribution in [3.05, 3.63) is 0 Å². The smallest absolute Gasteiger partial charge is 0.0630 e. The number of nitriles is 2. The zero-order valence-electron chi connectivity index (χ0n) is 5.54. The lowest BCUT2D eigenvalue weighted by molar-refractivity contribution is 1.24. The van der Waals surface area contributed by atoms with Gasteiger partial charge >= 0.3 is 0 Å². The highest BCUT2D eigenvalue weighted by Crippen LogP contribution is 2.21. The van der Waals surface area contributed by atoms with Crippen molar-refractivity contribution in [3.63, 3.8) is 0 Å². The maximum Gasteiger partial charge on any atom is 0.0630 e. The topological polar surface area (TPSA) is 47.6 Å². The fraction of sp³-hybridized carbons (Fsp3) is 0.667. The summed E-state index contributed by atoms with van der Waals surface area (Å²) < 4.78 is 0. The summed E-state index contributed by atoms with van der Waals surface area (Å²) in [5, 5.41) is 16.3. The summed E-state index contributed by atoms with van der Waals surface area (Å²) in [6, 6.07) is 4.12. The van der Waals surface area contributed by atoms with Gasteiger partial charge in [0, 0.05) is 24.3 Å². The molecule has 0 saturated heterocycles. The minimum Gasteiger partial charge on any atom is -0.198 e. The molecule has 0 aliphatic carbocycles. The number of rotatable bonds is 5. The van der Waals surface area contributed by atoms with Crippen LogP contribution < -0.4 is 0 Å². The molecule has 10 heavy (non-hydrogen) atoms. The van der Waals surface area contributed by atoms with Crippen molar-refractivity contribution in [2.45, 2.75) is 12.8 Å². The minimum atomic E-state index is 0.601. The second kappa shape index (κ2) is 8.68. The van der Waals surface area contributed by atoms with Crippen molar-refractivity contribution in [2.24, 2.45) is 0 Å². The zero-order chi connectivity index (χ0) is 7.66. The number of hydrogen-bond donors (Lipinski definition) is 0. The van der Waals surface area contributed by atoms with Crippen LogP contribution in [0.15, 0.2) is 0 Å². The first-order chi connectivity index (χ1) is 4.91. The summed E-state index contributed by atoms with van der Waals surface area (Å²) in [6.07, 6.45) is 1.20. The molecule has 0 unspecified atom stereocenters. The first-order valence-electron chi connectivity index (χ1n) is 2.90. The van der Waals surface area contributed by atoms with Crippen molar-refractivity contribution in [3.8, 4) is 12.1 Å². The van der Waals surface area contributed by atoms with Gasteiger partial charge in [-0.25, -0.2) is 0 Å². The largest absolute Gasteiger partial charge is 0.198 e. The molecule has 0 heterocycles. The number of hydrogen-bond acceptors (Lipinski definition) is 4. The van der Waals surface area contributed by atoms with Crippen molar-refractivity contribution < 1.29 is 0 Å². The van der Waals surface area contributed by atoms with E-state index < -0.39 is 0 Å². The molecule has 0 aromatic heterocycles. The molecule has 0 aromatic carbocycles. The van der Waals surface area contributed by atoms with Crippen molar-refractivity contribution in [2.75, 3.05) is 11.5 Å². The molecule has 0 fully saturated rings. The van der Waals surface area contributed by atoms with Crippen LogP contribution in [0.5, 0.6) is 0 Å². The Balaban J connectivity index is 2.80. The summed E-state index contributed by atoms with van der Waals surface area (Å²) in [6.45, 7) is 0. The molecule has 0 aromatic rings. The van der Waals surface area contributed by atoms with E-state index in [1.165, 1.54) is 0 Å². The van der Waals surface area contributed by atoms with Gasteiger partial charge in [-0.2, -0.15) is 10.5 Å². The van der Waals surface area contributed by atoms with Gasteiger partial charge in [0.1, 0.15) is 0 Å². The third-order valence-corrected chi connectivity index (χ3v) is 3.09. The first kappa shape index (κ1) is 9.68. The lowest BCUT2D eigenvalue weighted by atomic mass is 10.6. The Morgan fingerprint density at radius 1 is 0.900 bits per heavy atom. The molecule has 0 spiro atoms. The molecule has 0 aliphatic rings. The molecule has 0 atom stereocenters. The van der Waals surface area contributed by atoms with E-state index in [1.54, 1.807) is 21.6 Å². The molecule has 0 bridgehead atoms. The van der Waals surface area contributed by atoms with Crippen LogP contribution in [0.2, 0.25) is 0 Å². The van der Waals surface area contributed by atoms with Gasteiger partial charge in [-0.15, -0.1) is 0 Å². The van der Waals surface area contributed by atoms with Gasteiger partial charge in [-0.3, -0.25) is 0 Å². The van der Waals surface area contributed by atoms with Gasteiger partial charge in [0.15, 0.2) is 0 Å². The Labute approximate surface area is 69.0 Å². The van der Waals surface area contributed by atoms with Crippen LogP contribution in [-0.4, -0.2) is 11.5 Å². The second-order valence-corrected chi connectivity index (χ2v) is 4.16. The van der Waals surface area contributed by atoms with Crippen LogP contribution in [0.4, 0.5) is 0 Å². The highest BCUT2D eigenvalue weighted by Gasteiger charge is 1.88. The van der Waals surface area contributed by atoms with E-state index >= 15 is 0 Å². The van der Waals surface area contributed by atoms with Crippen LogP contribution in [0.1, 0.15) is 12.8 Å². The standard InChI is InChI=1S/C6H8N2S2/c7-3-1-5-9-10-6-2-4-8/h1-2,5-6H2. The summed E-state index contributed by atoms with van der Waals surface area (Å²) in [7, 11) is 3.32. The molecule has 0 rings (SSSR count). The van der Waals surface area contributed by atoms with Crippen molar-refractivity contribution >= 4 is 21.6 Å². The fourth-order valence-electron chi connectivity index (χ4n) is 0.292. The highest BCUT2D eigenvalue weighted by atomic mass is 33.1. The van der Waals surface area contributed by atoms with E-state index in [2.05, 4.69) is 12.1 Å². The van der Waals surface area contributed by atoms with Gasteiger partial charge < -0.3 is 0 Å². The predicted molar refractivity (Wildman–Crippen MR) is 45.4 cm³/mol. The van der Waals surface area contributed by atoms with Crippen molar-refractivity contribution in [1.82, 2.24) is 0 Å². The zero-order valence-corrected chi connectivity index (χ0v) is 7.17. The number of nitrogens with zero attached hydrogens (tertiary/aromatic N) is 2. The Bertz CT molecular complexity index is 127. The highest BCUT2D eigenvalue weighted by molar-refractivity contribution is 8.76. The van der Waals surface area contributed by atoms with E-state index in [4.69, 9.17) is 10.5 Å². The molecule has 0 radical (unpaired) electrons. The summed E-state index contributed by atoms with van der Waals surface area (Å²) >= 11 is 0. The van der Waals surface area contributed by atoms with Gasteiger partial charge in [-0.05, 0) is 0 Å². The SMILES string of the molecule is N#CCCSSCCC#N. The van der Waals surface area contributed by atoms with Gasteiger partial charge in [-0.1, -0.05) is 21.6 Å². The molecule has 2 nitrogen and oxygen atoms in total. The Hall–Kier alpha value is -0.320. The monoisotopic (exact) mass is 172 g/mol.